The van der Waals surface area contributed by atoms with Crippen molar-refractivity contribution in [2.75, 3.05) is 17.2 Å². The Kier molecular flexibility index (Phi) is 5.55. The van der Waals surface area contributed by atoms with E-state index in [2.05, 4.69) is 20.6 Å². The molecule has 0 spiro atoms. The minimum Gasteiger partial charge on any atom is -0.492 e. The van der Waals surface area contributed by atoms with Crippen LogP contribution in [0.2, 0.25) is 0 Å². The van der Waals surface area contributed by atoms with Gasteiger partial charge in [0, 0.05) is 12.1 Å². The fourth-order valence-electron chi connectivity index (χ4n) is 2.32. The highest BCUT2D eigenvalue weighted by atomic mass is 19.1. The number of carbonyl (C=O) groups is 1. The first-order valence-electron chi connectivity index (χ1n) is 8.14. The molecule has 1 aromatic heterocycles. The Morgan fingerprint density at radius 3 is 2.67 bits per heavy atom. The molecule has 27 heavy (non-hydrogen) atoms. The summed E-state index contributed by atoms with van der Waals surface area (Å²) >= 11 is 0. The Hall–Kier alpha value is -3.55. The molecule has 0 atom stereocenters. The molecule has 2 N–H and O–H groups in total. The molecule has 0 radical (unpaired) electrons. The highest BCUT2D eigenvalue weighted by Gasteiger charge is 2.13. The zero-order chi connectivity index (χ0) is 19.2. The summed E-state index contributed by atoms with van der Waals surface area (Å²) in [5.41, 5.74) is 0.551. The van der Waals surface area contributed by atoms with E-state index in [0.29, 0.717) is 29.9 Å². The average Bonchev–Trinajstić information content (AvgIpc) is 2.66. The van der Waals surface area contributed by atoms with E-state index >= 15 is 0 Å². The molecule has 3 aromatic rings. The Balaban J connectivity index is 1.78. The predicted molar refractivity (Wildman–Crippen MR) is 97.2 cm³/mol. The lowest BCUT2D eigenvalue weighted by molar-refractivity contribution is 0.102. The Bertz CT molecular complexity index is 966. The van der Waals surface area contributed by atoms with Crippen LogP contribution in [0.1, 0.15) is 17.4 Å². The third-order valence-electron chi connectivity index (χ3n) is 3.53. The van der Waals surface area contributed by atoms with E-state index < -0.39 is 17.5 Å². The first-order valence-corrected chi connectivity index (χ1v) is 8.14. The molecule has 138 valence electrons. The number of ether oxygens (including phenoxy) is 1. The van der Waals surface area contributed by atoms with Crippen LogP contribution in [0.3, 0.4) is 0 Å². The first kappa shape index (κ1) is 18.2. The number of para-hydroxylation sites is 2. The number of hydrogen-bond acceptors (Lipinski definition) is 5. The van der Waals surface area contributed by atoms with E-state index in [0.717, 1.165) is 12.1 Å². The van der Waals surface area contributed by atoms with Gasteiger partial charge in [-0.1, -0.05) is 12.1 Å². The van der Waals surface area contributed by atoms with Crippen molar-refractivity contribution in [3.8, 4) is 5.75 Å². The van der Waals surface area contributed by atoms with Crippen LogP contribution >= 0.6 is 0 Å². The maximum absolute atomic E-state index is 13.7. The second-order valence-electron chi connectivity index (χ2n) is 5.42. The molecule has 0 aliphatic rings. The van der Waals surface area contributed by atoms with E-state index in [4.69, 9.17) is 4.74 Å². The topological polar surface area (TPSA) is 76.1 Å². The molecule has 1 amide bonds. The highest BCUT2D eigenvalue weighted by molar-refractivity contribution is 6.03. The van der Waals surface area contributed by atoms with Gasteiger partial charge in [0.15, 0.2) is 0 Å². The summed E-state index contributed by atoms with van der Waals surface area (Å²) in [6, 6.07) is 11.6. The normalized spacial score (nSPS) is 10.3. The molecule has 3 rings (SSSR count). The standard InChI is InChI=1S/C19H16F2N4O2/c1-2-27-17-6-4-3-5-15(17)24-18-10-16(22-11-23-18)19(26)25-14-8-7-12(20)9-13(14)21/h3-11H,2H2,1H3,(H,25,26)(H,22,23,24). The Labute approximate surface area is 154 Å². The zero-order valence-corrected chi connectivity index (χ0v) is 14.4. The summed E-state index contributed by atoms with van der Waals surface area (Å²) in [5, 5.41) is 5.41. The van der Waals surface area contributed by atoms with Gasteiger partial charge >= 0.3 is 0 Å². The van der Waals surface area contributed by atoms with Crippen LogP contribution in [0.25, 0.3) is 0 Å². The van der Waals surface area contributed by atoms with Gasteiger partial charge in [0.2, 0.25) is 0 Å². The summed E-state index contributed by atoms with van der Waals surface area (Å²) in [4.78, 5) is 20.3. The number of hydrogen-bond donors (Lipinski definition) is 2. The summed E-state index contributed by atoms with van der Waals surface area (Å²) < 4.78 is 32.2. The quantitative estimate of drug-likeness (QED) is 0.682. The van der Waals surface area contributed by atoms with Crippen LogP contribution in [0.15, 0.2) is 54.9 Å². The van der Waals surface area contributed by atoms with Crippen molar-refractivity contribution in [3.05, 3.63) is 72.2 Å². The SMILES string of the molecule is CCOc1ccccc1Nc1cc(C(=O)Nc2ccc(F)cc2F)ncn1. The smallest absolute Gasteiger partial charge is 0.274 e. The van der Waals surface area contributed by atoms with Gasteiger partial charge in [-0.15, -0.1) is 0 Å². The number of nitrogens with zero attached hydrogens (tertiary/aromatic N) is 2. The Morgan fingerprint density at radius 1 is 1.07 bits per heavy atom. The van der Waals surface area contributed by atoms with Gasteiger partial charge in [0.25, 0.3) is 5.91 Å². The van der Waals surface area contributed by atoms with Crippen molar-refractivity contribution >= 4 is 23.1 Å². The van der Waals surface area contributed by atoms with Crippen molar-refractivity contribution in [2.45, 2.75) is 6.92 Å². The maximum Gasteiger partial charge on any atom is 0.274 e. The number of nitrogens with one attached hydrogen (secondary N) is 2. The number of anilines is 3. The van der Waals surface area contributed by atoms with Crippen LogP contribution in [-0.4, -0.2) is 22.5 Å². The first-order chi connectivity index (χ1) is 13.1. The predicted octanol–water partition coefficient (Wildman–Crippen LogP) is 4.15. The minimum absolute atomic E-state index is 0.0186. The molecule has 0 aliphatic heterocycles. The van der Waals surface area contributed by atoms with E-state index in [1.807, 2.05) is 19.1 Å². The van der Waals surface area contributed by atoms with Crippen LogP contribution in [0, 0.1) is 11.6 Å². The largest absolute Gasteiger partial charge is 0.492 e. The van der Waals surface area contributed by atoms with Crippen LogP contribution in [0.5, 0.6) is 5.75 Å². The van der Waals surface area contributed by atoms with E-state index in [-0.39, 0.29) is 11.4 Å². The lowest BCUT2D eigenvalue weighted by Gasteiger charge is -2.12. The number of benzene rings is 2. The lowest BCUT2D eigenvalue weighted by atomic mass is 10.2. The van der Waals surface area contributed by atoms with Crippen molar-refractivity contribution in [1.82, 2.24) is 9.97 Å². The average molecular weight is 370 g/mol. The molecular formula is C19H16F2N4O2. The van der Waals surface area contributed by atoms with Crippen LogP contribution in [-0.2, 0) is 0 Å². The number of amides is 1. The van der Waals surface area contributed by atoms with Gasteiger partial charge < -0.3 is 15.4 Å². The van der Waals surface area contributed by atoms with Gasteiger partial charge in [-0.3, -0.25) is 4.79 Å². The van der Waals surface area contributed by atoms with E-state index in [1.54, 1.807) is 12.1 Å². The molecular weight excluding hydrogens is 354 g/mol. The van der Waals surface area contributed by atoms with E-state index in [9.17, 15) is 13.6 Å². The van der Waals surface area contributed by atoms with Crippen molar-refractivity contribution in [3.63, 3.8) is 0 Å². The number of rotatable bonds is 6. The van der Waals surface area contributed by atoms with Gasteiger partial charge in [-0.05, 0) is 31.2 Å². The number of halogens is 2. The summed E-state index contributed by atoms with van der Waals surface area (Å²) in [6.45, 7) is 2.37. The van der Waals surface area contributed by atoms with Gasteiger partial charge in [0.05, 0.1) is 18.0 Å². The van der Waals surface area contributed by atoms with Gasteiger partial charge in [-0.25, -0.2) is 18.7 Å². The third-order valence-corrected chi connectivity index (χ3v) is 3.53. The molecule has 0 saturated heterocycles. The molecule has 6 nitrogen and oxygen atoms in total. The summed E-state index contributed by atoms with van der Waals surface area (Å²) in [6.07, 6.45) is 1.21. The highest BCUT2D eigenvalue weighted by Crippen LogP contribution is 2.26. The molecule has 8 heteroatoms. The monoisotopic (exact) mass is 370 g/mol. The van der Waals surface area contributed by atoms with Crippen molar-refractivity contribution in [2.24, 2.45) is 0 Å². The second-order valence-corrected chi connectivity index (χ2v) is 5.42. The molecule has 0 fully saturated rings. The van der Waals surface area contributed by atoms with Crippen molar-refractivity contribution in [1.29, 1.82) is 0 Å². The molecule has 0 aliphatic carbocycles. The number of carbonyl (C=O) groups excluding carboxylic acids is 1. The van der Waals surface area contributed by atoms with Crippen LogP contribution in [0.4, 0.5) is 26.0 Å². The molecule has 0 unspecified atom stereocenters. The fraction of sp³-hybridized carbons (Fsp3) is 0.105. The molecule has 0 bridgehead atoms. The molecule has 0 saturated carbocycles. The summed E-state index contributed by atoms with van der Waals surface area (Å²) in [7, 11) is 0. The van der Waals surface area contributed by atoms with E-state index in [1.165, 1.54) is 12.4 Å². The third kappa shape index (κ3) is 4.55. The molecule has 2 aromatic carbocycles. The Morgan fingerprint density at radius 2 is 1.89 bits per heavy atom. The van der Waals surface area contributed by atoms with Crippen LogP contribution < -0.4 is 15.4 Å². The fourth-order valence-corrected chi connectivity index (χ4v) is 2.32. The van der Waals surface area contributed by atoms with Gasteiger partial charge in [-0.2, -0.15) is 0 Å². The maximum atomic E-state index is 13.7. The second kappa shape index (κ2) is 8.22. The molecule has 1 heterocycles. The lowest BCUT2D eigenvalue weighted by Crippen LogP contribution is -2.15. The summed E-state index contributed by atoms with van der Waals surface area (Å²) in [5.74, 6) is -1.25. The van der Waals surface area contributed by atoms with Gasteiger partial charge in [0.1, 0.15) is 35.2 Å². The minimum atomic E-state index is -0.874. The zero-order valence-electron chi connectivity index (χ0n) is 14.4. The van der Waals surface area contributed by atoms with Crippen molar-refractivity contribution < 1.29 is 18.3 Å². The number of aromatic nitrogens is 2.